The minimum Gasteiger partial charge on any atom is -0.486 e. The molecule has 6 rings (SSSR count). The van der Waals surface area contributed by atoms with Crippen LogP contribution in [0.4, 0.5) is 5.69 Å². The predicted molar refractivity (Wildman–Crippen MR) is 129 cm³/mol. The van der Waals surface area contributed by atoms with Crippen LogP contribution in [0.25, 0.3) is 31.0 Å². The van der Waals surface area contributed by atoms with Gasteiger partial charge in [0.15, 0.2) is 11.5 Å². The normalized spacial score (nSPS) is 12.8. The molecule has 5 aromatic rings. The second-order valence-electron chi connectivity index (χ2n) is 7.39. The van der Waals surface area contributed by atoms with Crippen LogP contribution in [0.15, 0.2) is 59.0 Å². The van der Waals surface area contributed by atoms with E-state index in [9.17, 15) is 9.59 Å². The highest BCUT2D eigenvalue weighted by Crippen LogP contribution is 2.33. The first-order valence-corrected chi connectivity index (χ1v) is 11.9. The summed E-state index contributed by atoms with van der Waals surface area (Å²) in [5, 5.41) is 5.63. The zero-order chi connectivity index (χ0) is 22.4. The number of aromatic nitrogens is 3. The molecule has 1 aromatic carbocycles. The molecule has 0 saturated carbocycles. The van der Waals surface area contributed by atoms with Crippen LogP contribution in [0.2, 0.25) is 0 Å². The van der Waals surface area contributed by atoms with Crippen LogP contribution in [0.3, 0.4) is 0 Å². The van der Waals surface area contributed by atoms with Crippen LogP contribution in [-0.2, 0) is 11.3 Å². The van der Waals surface area contributed by atoms with E-state index in [1.807, 2.05) is 29.6 Å². The summed E-state index contributed by atoms with van der Waals surface area (Å²) in [5.74, 6) is 0.888. The van der Waals surface area contributed by atoms with Crippen molar-refractivity contribution in [3.63, 3.8) is 0 Å². The predicted octanol–water partition coefficient (Wildman–Crippen LogP) is 4.14. The highest BCUT2D eigenvalue weighted by atomic mass is 32.1. The molecule has 1 amide bonds. The van der Waals surface area contributed by atoms with Gasteiger partial charge in [0.05, 0.1) is 22.4 Å². The Labute approximate surface area is 195 Å². The second kappa shape index (κ2) is 7.98. The second-order valence-corrected chi connectivity index (χ2v) is 9.34. The molecule has 1 aliphatic heterocycles. The summed E-state index contributed by atoms with van der Waals surface area (Å²) in [6, 6.07) is 13.1. The molecule has 8 nitrogen and oxygen atoms in total. The number of fused-ring (bicyclic) bond motifs is 4. The zero-order valence-electron chi connectivity index (χ0n) is 17.1. The average Bonchev–Trinajstić information content (AvgIpc) is 3.49. The lowest BCUT2D eigenvalue weighted by Crippen LogP contribution is -2.27. The lowest BCUT2D eigenvalue weighted by molar-refractivity contribution is -0.116. The van der Waals surface area contributed by atoms with Gasteiger partial charge < -0.3 is 14.8 Å². The minimum absolute atomic E-state index is 0.154. The Hall–Kier alpha value is -3.76. The number of carbonyl (C=O) groups is 1. The zero-order valence-corrected chi connectivity index (χ0v) is 18.7. The summed E-state index contributed by atoms with van der Waals surface area (Å²) in [5.41, 5.74) is 1.77. The van der Waals surface area contributed by atoms with Crippen LogP contribution < -0.4 is 20.3 Å². The minimum atomic E-state index is -0.339. The van der Waals surface area contributed by atoms with E-state index in [1.54, 1.807) is 29.5 Å². The van der Waals surface area contributed by atoms with E-state index in [1.165, 1.54) is 22.2 Å². The van der Waals surface area contributed by atoms with Gasteiger partial charge in [-0.15, -0.1) is 22.7 Å². The van der Waals surface area contributed by atoms with Gasteiger partial charge >= 0.3 is 0 Å². The van der Waals surface area contributed by atoms with Crippen LogP contribution in [0.5, 0.6) is 11.5 Å². The number of hydrogen-bond acceptors (Lipinski definition) is 8. The molecular formula is C23H16N4O4S2. The maximum absolute atomic E-state index is 13.1. The molecule has 0 radical (unpaired) electrons. The molecule has 0 atom stereocenters. The average molecular weight is 477 g/mol. The molecule has 0 bridgehead atoms. The molecule has 0 aliphatic carbocycles. The van der Waals surface area contributed by atoms with Crippen LogP contribution in [0, 0.1) is 0 Å². The number of nitrogens with one attached hydrogen (secondary N) is 1. The maximum atomic E-state index is 13.1. The summed E-state index contributed by atoms with van der Waals surface area (Å²) in [6.07, 6.45) is 1.41. The van der Waals surface area contributed by atoms with Crippen molar-refractivity contribution in [2.45, 2.75) is 6.54 Å². The van der Waals surface area contributed by atoms with E-state index >= 15 is 0 Å². The molecule has 164 valence electrons. The van der Waals surface area contributed by atoms with Gasteiger partial charge in [0.2, 0.25) is 5.91 Å². The van der Waals surface area contributed by atoms with Crippen molar-refractivity contribution in [3.05, 3.63) is 64.5 Å². The van der Waals surface area contributed by atoms with Crippen molar-refractivity contribution in [1.82, 2.24) is 14.5 Å². The van der Waals surface area contributed by atoms with Crippen molar-refractivity contribution in [3.8, 4) is 22.1 Å². The monoisotopic (exact) mass is 476 g/mol. The molecule has 0 fully saturated rings. The number of rotatable bonds is 4. The molecule has 1 aliphatic rings. The molecule has 5 heterocycles. The number of hydrogen-bond donors (Lipinski definition) is 1. The van der Waals surface area contributed by atoms with Crippen molar-refractivity contribution in [1.29, 1.82) is 0 Å². The third-order valence-electron chi connectivity index (χ3n) is 5.22. The smallest absolute Gasteiger partial charge is 0.271 e. The van der Waals surface area contributed by atoms with Crippen LogP contribution >= 0.6 is 22.7 Å². The van der Waals surface area contributed by atoms with Crippen molar-refractivity contribution in [2.75, 3.05) is 18.5 Å². The number of amides is 1. The van der Waals surface area contributed by atoms with E-state index in [2.05, 4.69) is 10.3 Å². The summed E-state index contributed by atoms with van der Waals surface area (Å²) >= 11 is 2.91. The van der Waals surface area contributed by atoms with E-state index in [-0.39, 0.29) is 18.0 Å². The van der Waals surface area contributed by atoms with E-state index in [4.69, 9.17) is 14.5 Å². The molecule has 1 N–H and O–H groups in total. The lowest BCUT2D eigenvalue weighted by atomic mass is 10.2. The largest absolute Gasteiger partial charge is 0.486 e. The highest BCUT2D eigenvalue weighted by Gasteiger charge is 2.16. The van der Waals surface area contributed by atoms with Crippen LogP contribution in [-0.4, -0.2) is 33.7 Å². The number of carbonyl (C=O) groups excluding carboxylic acids is 1. The van der Waals surface area contributed by atoms with E-state index in [0.29, 0.717) is 40.6 Å². The Kier molecular flexibility index (Phi) is 4.81. The Bertz CT molecular complexity index is 1570. The third-order valence-corrected chi connectivity index (χ3v) is 7.19. The summed E-state index contributed by atoms with van der Waals surface area (Å²) in [6.45, 7) is 0.808. The van der Waals surface area contributed by atoms with E-state index in [0.717, 1.165) is 20.8 Å². The quantitative estimate of drug-likeness (QED) is 0.419. The molecule has 33 heavy (non-hydrogen) atoms. The Balaban J connectivity index is 1.28. The van der Waals surface area contributed by atoms with E-state index < -0.39 is 0 Å². The number of benzene rings is 1. The molecule has 0 unspecified atom stereocenters. The van der Waals surface area contributed by atoms with Crippen molar-refractivity contribution in [2.24, 2.45) is 0 Å². The summed E-state index contributed by atoms with van der Waals surface area (Å²) in [4.78, 5) is 36.7. The van der Waals surface area contributed by atoms with Gasteiger partial charge in [-0.25, -0.2) is 9.97 Å². The number of thiophene rings is 2. The van der Waals surface area contributed by atoms with Gasteiger partial charge in [-0.05, 0) is 35.7 Å². The Morgan fingerprint density at radius 1 is 1.12 bits per heavy atom. The summed E-state index contributed by atoms with van der Waals surface area (Å²) < 4.78 is 12.8. The fourth-order valence-corrected chi connectivity index (χ4v) is 5.47. The molecule has 10 heteroatoms. The SMILES string of the molecule is O=C(Cn1cnc2c(sc3nc(-c4cccs4)ccc32)c1=O)Nc1ccc2c(c1)OCCO2. The number of pyridine rings is 1. The fraction of sp³-hybridized carbons (Fsp3) is 0.130. The summed E-state index contributed by atoms with van der Waals surface area (Å²) in [7, 11) is 0. The fourth-order valence-electron chi connectivity index (χ4n) is 3.70. The van der Waals surface area contributed by atoms with Gasteiger partial charge in [0, 0.05) is 17.1 Å². The number of nitrogens with zero attached hydrogens (tertiary/aromatic N) is 3. The highest BCUT2D eigenvalue weighted by molar-refractivity contribution is 7.25. The first-order chi connectivity index (χ1) is 16.2. The van der Waals surface area contributed by atoms with Gasteiger partial charge in [0.1, 0.15) is 29.3 Å². The molecule has 4 aromatic heterocycles. The molecule has 0 spiro atoms. The standard InChI is InChI=1S/C23H16N4O4S2/c28-19(25-13-3-6-16-17(10-13)31-8-7-30-16)11-27-12-24-20-14-4-5-15(18-2-1-9-32-18)26-22(14)33-21(20)23(27)29/h1-6,9-10,12H,7-8,11H2,(H,25,28). The van der Waals surface area contributed by atoms with Gasteiger partial charge in [-0.1, -0.05) is 6.07 Å². The van der Waals surface area contributed by atoms with Crippen molar-refractivity contribution < 1.29 is 14.3 Å². The first kappa shape index (κ1) is 19.9. The molecule has 0 saturated heterocycles. The number of anilines is 1. The van der Waals surface area contributed by atoms with Gasteiger partial charge in [0.25, 0.3) is 5.56 Å². The van der Waals surface area contributed by atoms with Crippen molar-refractivity contribution >= 4 is 54.7 Å². The van der Waals surface area contributed by atoms with Gasteiger partial charge in [-0.3, -0.25) is 14.2 Å². The number of ether oxygens (including phenoxy) is 2. The Morgan fingerprint density at radius 3 is 2.85 bits per heavy atom. The third kappa shape index (κ3) is 3.62. The lowest BCUT2D eigenvalue weighted by Gasteiger charge is -2.19. The maximum Gasteiger partial charge on any atom is 0.271 e. The van der Waals surface area contributed by atoms with Crippen LogP contribution in [0.1, 0.15) is 0 Å². The molecular weight excluding hydrogens is 460 g/mol. The first-order valence-electron chi connectivity index (χ1n) is 10.2. The topological polar surface area (TPSA) is 95.3 Å². The Morgan fingerprint density at radius 2 is 2.00 bits per heavy atom. The van der Waals surface area contributed by atoms with Gasteiger partial charge in [-0.2, -0.15) is 0 Å².